The molecule has 1 saturated carbocycles. The van der Waals surface area contributed by atoms with E-state index in [0.29, 0.717) is 0 Å². The van der Waals surface area contributed by atoms with E-state index in [2.05, 4.69) is 27.8 Å². The van der Waals surface area contributed by atoms with E-state index < -0.39 is 0 Å². The van der Waals surface area contributed by atoms with Gasteiger partial charge in [0.2, 0.25) is 0 Å². The van der Waals surface area contributed by atoms with Gasteiger partial charge in [0.05, 0.1) is 5.71 Å². The Hall–Kier alpha value is -2.02. The zero-order valence-electron chi connectivity index (χ0n) is 15.6. The van der Waals surface area contributed by atoms with Gasteiger partial charge in [-0.3, -0.25) is 9.56 Å². The summed E-state index contributed by atoms with van der Waals surface area (Å²) in [5.41, 5.74) is 10.6. The van der Waals surface area contributed by atoms with Crippen LogP contribution in [-0.4, -0.2) is 26.5 Å². The smallest absolute Gasteiger partial charge is 0.166 e. The number of fused-ring (bicyclic) bond motifs is 6. The molecule has 3 aliphatic rings. The lowest BCUT2D eigenvalue weighted by molar-refractivity contribution is 0.659. The van der Waals surface area contributed by atoms with Crippen LogP contribution in [0.3, 0.4) is 0 Å². The van der Waals surface area contributed by atoms with Gasteiger partial charge in [-0.15, -0.1) is 21.5 Å². The predicted octanol–water partition coefficient (Wildman–Crippen LogP) is 3.81. The van der Waals surface area contributed by atoms with E-state index in [4.69, 9.17) is 22.3 Å². The molecule has 5 nitrogen and oxygen atoms in total. The van der Waals surface area contributed by atoms with Crippen molar-refractivity contribution in [2.45, 2.75) is 50.6 Å². The van der Waals surface area contributed by atoms with E-state index in [0.717, 1.165) is 60.1 Å². The fourth-order valence-corrected chi connectivity index (χ4v) is 6.20. The lowest BCUT2D eigenvalue weighted by Gasteiger charge is -2.12. The van der Waals surface area contributed by atoms with Crippen LogP contribution in [0.2, 0.25) is 5.02 Å². The minimum atomic E-state index is -0.277. The standard InChI is InChI=1S/C21H20ClN5S/c1-2-16-25-26-20-21(7-8-21)24-18(12-5-3-4-6-14(12)22)17-13-9-11(23)10-15(13)28-19(17)27(16)20/h3-6,11H,2,7-10,23H2,1H3/t11-/m0/s1. The van der Waals surface area contributed by atoms with Gasteiger partial charge in [-0.1, -0.05) is 36.7 Å². The van der Waals surface area contributed by atoms with Gasteiger partial charge in [-0.2, -0.15) is 0 Å². The van der Waals surface area contributed by atoms with E-state index in [1.807, 2.05) is 29.5 Å². The van der Waals surface area contributed by atoms with Crippen molar-refractivity contribution in [1.82, 2.24) is 14.8 Å². The van der Waals surface area contributed by atoms with Crippen molar-refractivity contribution in [3.8, 4) is 5.00 Å². The molecule has 2 aromatic heterocycles. The number of thiophene rings is 1. The highest BCUT2D eigenvalue weighted by atomic mass is 35.5. The zero-order valence-corrected chi connectivity index (χ0v) is 17.1. The summed E-state index contributed by atoms with van der Waals surface area (Å²) in [5, 5.41) is 11.0. The molecule has 142 valence electrons. The van der Waals surface area contributed by atoms with Gasteiger partial charge in [0.25, 0.3) is 0 Å². The van der Waals surface area contributed by atoms with Crippen LogP contribution in [0.25, 0.3) is 5.00 Å². The highest BCUT2D eigenvalue weighted by Gasteiger charge is 2.52. The summed E-state index contributed by atoms with van der Waals surface area (Å²) >= 11 is 8.47. The molecular formula is C21H20ClN5S. The molecule has 1 aromatic carbocycles. The van der Waals surface area contributed by atoms with E-state index in [9.17, 15) is 0 Å². The maximum absolute atomic E-state index is 6.64. The topological polar surface area (TPSA) is 69.1 Å². The first kappa shape index (κ1) is 16.9. The van der Waals surface area contributed by atoms with Crippen LogP contribution in [0.1, 0.15) is 53.0 Å². The number of nitrogens with two attached hydrogens (primary N) is 1. The molecule has 0 radical (unpaired) electrons. The molecule has 0 amide bonds. The molecule has 6 rings (SSSR count). The minimum Gasteiger partial charge on any atom is -0.327 e. The fraction of sp³-hybridized carbons (Fsp3) is 0.381. The van der Waals surface area contributed by atoms with Crippen LogP contribution >= 0.6 is 22.9 Å². The Morgan fingerprint density at radius 3 is 2.82 bits per heavy atom. The number of aliphatic imine (C=N–C) groups is 1. The molecule has 1 fully saturated rings. The van der Waals surface area contributed by atoms with Crippen molar-refractivity contribution >= 4 is 28.6 Å². The van der Waals surface area contributed by atoms with Gasteiger partial charge in [0, 0.05) is 33.5 Å². The number of halogens is 1. The number of aromatic nitrogens is 3. The maximum Gasteiger partial charge on any atom is 0.166 e. The monoisotopic (exact) mass is 409 g/mol. The second-order valence-electron chi connectivity index (χ2n) is 7.95. The van der Waals surface area contributed by atoms with Crippen molar-refractivity contribution in [2.75, 3.05) is 0 Å². The Labute approximate surface area is 172 Å². The molecule has 3 aromatic rings. The maximum atomic E-state index is 6.64. The van der Waals surface area contributed by atoms with Crippen LogP contribution in [0.4, 0.5) is 0 Å². The number of nitrogens with zero attached hydrogens (tertiary/aromatic N) is 4. The average molecular weight is 410 g/mol. The second-order valence-corrected chi connectivity index (χ2v) is 9.44. The van der Waals surface area contributed by atoms with Crippen LogP contribution < -0.4 is 5.73 Å². The van der Waals surface area contributed by atoms with Gasteiger partial charge in [0.15, 0.2) is 5.82 Å². The first-order chi connectivity index (χ1) is 13.6. The lowest BCUT2D eigenvalue weighted by atomic mass is 9.98. The normalized spacial score (nSPS) is 21.1. The molecule has 0 bridgehead atoms. The molecule has 0 saturated heterocycles. The van der Waals surface area contributed by atoms with Crippen molar-refractivity contribution < 1.29 is 0 Å². The van der Waals surface area contributed by atoms with Gasteiger partial charge >= 0.3 is 0 Å². The molecule has 7 heteroatoms. The van der Waals surface area contributed by atoms with Gasteiger partial charge in [-0.05, 0) is 37.3 Å². The quantitative estimate of drug-likeness (QED) is 0.699. The van der Waals surface area contributed by atoms with E-state index in [-0.39, 0.29) is 11.6 Å². The lowest BCUT2D eigenvalue weighted by Crippen LogP contribution is -2.20. The van der Waals surface area contributed by atoms with Crippen LogP contribution in [0.15, 0.2) is 29.3 Å². The summed E-state index contributed by atoms with van der Waals surface area (Å²) in [6, 6.07) is 8.20. The van der Waals surface area contributed by atoms with Crippen molar-refractivity contribution in [1.29, 1.82) is 0 Å². The van der Waals surface area contributed by atoms with E-state index in [1.54, 1.807) is 0 Å². The van der Waals surface area contributed by atoms with Crippen LogP contribution in [0, 0.1) is 0 Å². The number of rotatable bonds is 2. The zero-order chi connectivity index (χ0) is 19.0. The summed E-state index contributed by atoms with van der Waals surface area (Å²) in [7, 11) is 0. The molecule has 1 aliphatic heterocycles. The molecule has 3 heterocycles. The third-order valence-corrected chi connectivity index (χ3v) is 7.64. The summed E-state index contributed by atoms with van der Waals surface area (Å²) in [5.74, 6) is 1.99. The van der Waals surface area contributed by atoms with Gasteiger partial charge in [-0.25, -0.2) is 0 Å². The van der Waals surface area contributed by atoms with E-state index in [1.165, 1.54) is 21.0 Å². The first-order valence-corrected chi connectivity index (χ1v) is 11.0. The Bertz CT molecular complexity index is 1150. The number of aryl methyl sites for hydroxylation is 1. The fourth-order valence-electron chi connectivity index (χ4n) is 4.53. The van der Waals surface area contributed by atoms with Gasteiger partial charge < -0.3 is 5.73 Å². The third kappa shape index (κ3) is 2.19. The Morgan fingerprint density at radius 2 is 2.07 bits per heavy atom. The minimum absolute atomic E-state index is 0.184. The highest BCUT2D eigenvalue weighted by Crippen LogP contribution is 2.53. The summed E-state index contributed by atoms with van der Waals surface area (Å²) < 4.78 is 2.28. The summed E-state index contributed by atoms with van der Waals surface area (Å²) in [6.07, 6.45) is 4.65. The predicted molar refractivity (Wildman–Crippen MR) is 112 cm³/mol. The average Bonchev–Trinajstić information content (AvgIpc) is 3.04. The highest BCUT2D eigenvalue weighted by molar-refractivity contribution is 7.15. The van der Waals surface area contributed by atoms with Crippen LogP contribution in [-0.2, 0) is 24.8 Å². The van der Waals surface area contributed by atoms with E-state index >= 15 is 0 Å². The number of hydrogen-bond acceptors (Lipinski definition) is 5. The number of benzene rings is 1. The third-order valence-electron chi connectivity index (χ3n) is 6.07. The van der Waals surface area contributed by atoms with Crippen molar-refractivity contribution in [3.05, 3.63) is 62.5 Å². The molecule has 1 spiro atoms. The Morgan fingerprint density at radius 1 is 1.25 bits per heavy atom. The van der Waals surface area contributed by atoms with Gasteiger partial charge in [0.1, 0.15) is 16.4 Å². The second kappa shape index (κ2) is 5.75. The molecule has 2 aliphatic carbocycles. The molecule has 1 atom stereocenters. The first-order valence-electron chi connectivity index (χ1n) is 9.81. The van der Waals surface area contributed by atoms with Crippen molar-refractivity contribution in [2.24, 2.45) is 10.7 Å². The summed E-state index contributed by atoms with van der Waals surface area (Å²) in [6.45, 7) is 2.13. The summed E-state index contributed by atoms with van der Waals surface area (Å²) in [4.78, 5) is 6.70. The Balaban J connectivity index is 1.71. The molecular weight excluding hydrogens is 390 g/mol. The SMILES string of the molecule is CCc1nnc2n1-c1sc3c(c1C(c1ccccc1Cl)=NC21CC1)C[C@H](N)C3. The molecule has 2 N–H and O–H groups in total. The number of hydrogen-bond donors (Lipinski definition) is 1. The largest absolute Gasteiger partial charge is 0.327 e. The van der Waals surface area contributed by atoms with Crippen LogP contribution in [0.5, 0.6) is 0 Å². The van der Waals surface area contributed by atoms with Crippen molar-refractivity contribution in [3.63, 3.8) is 0 Å². The molecule has 28 heavy (non-hydrogen) atoms. The molecule has 0 unspecified atom stereocenters. The Kier molecular flexibility index (Phi) is 3.47.